The molecule has 0 aliphatic carbocycles. The van der Waals surface area contributed by atoms with Gasteiger partial charge in [0.15, 0.2) is 5.76 Å². The number of benzene rings is 1. The highest BCUT2D eigenvalue weighted by atomic mass is 16.5. The Labute approximate surface area is 142 Å². The number of rotatable bonds is 5. The van der Waals surface area contributed by atoms with E-state index in [1.165, 1.54) is 0 Å². The zero-order valence-electron chi connectivity index (χ0n) is 14.7. The number of nitrogens with two attached hydrogens (primary N) is 1. The summed E-state index contributed by atoms with van der Waals surface area (Å²) in [7, 11) is 0. The number of hydrogen-bond acceptors (Lipinski definition) is 4. The minimum absolute atomic E-state index is 0.00370. The van der Waals surface area contributed by atoms with Gasteiger partial charge < -0.3 is 19.8 Å². The zero-order chi connectivity index (χ0) is 17.3. The lowest BCUT2D eigenvalue weighted by Gasteiger charge is -2.22. The standard InChI is InChI=1S/C19H26N2O3/c1-13(2)23-10-15-14-6-4-5-7-16(14)24-17(15)18(22)21-9-8-19(3,11-20)12-21/h4-7,13H,8-12,20H2,1-3H3. The van der Waals surface area contributed by atoms with Crippen LogP contribution in [0.5, 0.6) is 0 Å². The van der Waals surface area contributed by atoms with Gasteiger partial charge in [0.2, 0.25) is 0 Å². The van der Waals surface area contributed by atoms with Crippen LogP contribution in [0.25, 0.3) is 11.0 Å². The maximum absolute atomic E-state index is 13.0. The maximum Gasteiger partial charge on any atom is 0.290 e. The summed E-state index contributed by atoms with van der Waals surface area (Å²) >= 11 is 0. The molecule has 0 saturated carbocycles. The fourth-order valence-electron chi connectivity index (χ4n) is 3.17. The van der Waals surface area contributed by atoms with Crippen molar-refractivity contribution in [1.29, 1.82) is 0 Å². The van der Waals surface area contributed by atoms with Gasteiger partial charge in [-0.2, -0.15) is 0 Å². The Morgan fingerprint density at radius 1 is 1.42 bits per heavy atom. The monoisotopic (exact) mass is 330 g/mol. The minimum Gasteiger partial charge on any atom is -0.451 e. The van der Waals surface area contributed by atoms with Gasteiger partial charge in [-0.3, -0.25) is 4.79 Å². The molecule has 24 heavy (non-hydrogen) atoms. The summed E-state index contributed by atoms with van der Waals surface area (Å²) in [5, 5.41) is 0.947. The Hall–Kier alpha value is -1.85. The van der Waals surface area contributed by atoms with Gasteiger partial charge in [-0.1, -0.05) is 25.1 Å². The number of likely N-dealkylation sites (tertiary alicyclic amines) is 1. The highest BCUT2D eigenvalue weighted by Gasteiger charge is 2.37. The van der Waals surface area contributed by atoms with E-state index in [-0.39, 0.29) is 17.4 Å². The summed E-state index contributed by atoms with van der Waals surface area (Å²) in [4.78, 5) is 14.9. The van der Waals surface area contributed by atoms with Crippen LogP contribution in [0.3, 0.4) is 0 Å². The minimum atomic E-state index is -0.0641. The van der Waals surface area contributed by atoms with E-state index in [9.17, 15) is 4.79 Å². The molecule has 1 atom stereocenters. The summed E-state index contributed by atoms with van der Waals surface area (Å²) in [5.41, 5.74) is 7.42. The molecule has 1 saturated heterocycles. The Balaban J connectivity index is 1.93. The first-order valence-electron chi connectivity index (χ1n) is 8.55. The fraction of sp³-hybridized carbons (Fsp3) is 0.526. The molecule has 2 aromatic rings. The molecule has 1 amide bonds. The van der Waals surface area contributed by atoms with E-state index in [1.807, 2.05) is 43.0 Å². The second-order valence-corrected chi connectivity index (χ2v) is 7.26. The van der Waals surface area contributed by atoms with Gasteiger partial charge in [0.05, 0.1) is 12.7 Å². The molecule has 5 heteroatoms. The summed E-state index contributed by atoms with van der Waals surface area (Å²) < 4.78 is 11.7. The number of carbonyl (C=O) groups excluding carboxylic acids is 1. The van der Waals surface area contributed by atoms with E-state index >= 15 is 0 Å². The van der Waals surface area contributed by atoms with Crippen LogP contribution >= 0.6 is 0 Å². The molecule has 2 N–H and O–H groups in total. The maximum atomic E-state index is 13.0. The smallest absolute Gasteiger partial charge is 0.290 e. The molecular formula is C19H26N2O3. The molecule has 3 rings (SSSR count). The lowest BCUT2D eigenvalue weighted by molar-refractivity contribution is 0.0618. The van der Waals surface area contributed by atoms with E-state index in [0.717, 1.165) is 23.0 Å². The Morgan fingerprint density at radius 3 is 2.83 bits per heavy atom. The Bertz CT molecular complexity index is 737. The van der Waals surface area contributed by atoms with Crippen molar-refractivity contribution in [2.75, 3.05) is 19.6 Å². The summed E-state index contributed by atoms with van der Waals surface area (Å²) in [5.74, 6) is 0.337. The Morgan fingerprint density at radius 2 is 2.17 bits per heavy atom. The number of carbonyl (C=O) groups is 1. The van der Waals surface area contributed by atoms with Gasteiger partial charge in [0, 0.05) is 24.0 Å². The normalized spacial score (nSPS) is 21.1. The van der Waals surface area contributed by atoms with Crippen LogP contribution in [-0.4, -0.2) is 36.5 Å². The van der Waals surface area contributed by atoms with Crippen molar-refractivity contribution < 1.29 is 13.9 Å². The van der Waals surface area contributed by atoms with E-state index in [2.05, 4.69) is 6.92 Å². The van der Waals surface area contributed by atoms with Crippen molar-refractivity contribution in [2.24, 2.45) is 11.1 Å². The van der Waals surface area contributed by atoms with Crippen molar-refractivity contribution in [3.63, 3.8) is 0 Å². The van der Waals surface area contributed by atoms with Crippen LogP contribution in [0, 0.1) is 5.41 Å². The van der Waals surface area contributed by atoms with Crippen molar-refractivity contribution in [1.82, 2.24) is 4.90 Å². The van der Waals surface area contributed by atoms with Crippen LogP contribution in [0.2, 0.25) is 0 Å². The molecule has 1 unspecified atom stereocenters. The summed E-state index contributed by atoms with van der Waals surface area (Å²) in [6, 6.07) is 7.72. The molecule has 130 valence electrons. The third-order valence-electron chi connectivity index (χ3n) is 4.79. The van der Waals surface area contributed by atoms with Gasteiger partial charge >= 0.3 is 0 Å². The lowest BCUT2D eigenvalue weighted by Crippen LogP contribution is -2.34. The van der Waals surface area contributed by atoms with E-state index in [4.69, 9.17) is 14.9 Å². The van der Waals surface area contributed by atoms with Crippen LogP contribution in [0.15, 0.2) is 28.7 Å². The molecule has 1 aromatic carbocycles. The van der Waals surface area contributed by atoms with Gasteiger partial charge in [0.1, 0.15) is 5.58 Å². The quantitative estimate of drug-likeness (QED) is 0.914. The first-order chi connectivity index (χ1) is 11.4. The molecule has 0 bridgehead atoms. The molecule has 0 radical (unpaired) electrons. The Kier molecular flexibility index (Phi) is 4.65. The molecule has 2 heterocycles. The SMILES string of the molecule is CC(C)OCc1c(C(=O)N2CCC(C)(CN)C2)oc2ccccc12. The van der Waals surface area contributed by atoms with Gasteiger partial charge in [-0.05, 0) is 38.3 Å². The molecular weight excluding hydrogens is 304 g/mol. The van der Waals surface area contributed by atoms with Crippen LogP contribution < -0.4 is 5.73 Å². The molecule has 5 nitrogen and oxygen atoms in total. The second-order valence-electron chi connectivity index (χ2n) is 7.26. The number of nitrogens with zero attached hydrogens (tertiary/aromatic N) is 1. The predicted molar refractivity (Wildman–Crippen MR) is 93.8 cm³/mol. The van der Waals surface area contributed by atoms with E-state index in [1.54, 1.807) is 0 Å². The van der Waals surface area contributed by atoms with Crippen LogP contribution in [0.4, 0.5) is 0 Å². The number of amides is 1. The largest absolute Gasteiger partial charge is 0.451 e. The third kappa shape index (κ3) is 3.19. The number of para-hydroxylation sites is 1. The third-order valence-corrected chi connectivity index (χ3v) is 4.79. The molecule has 1 aliphatic heterocycles. The second kappa shape index (κ2) is 6.57. The highest BCUT2D eigenvalue weighted by molar-refractivity contribution is 5.99. The molecule has 1 aliphatic rings. The van der Waals surface area contributed by atoms with Crippen molar-refractivity contribution in [3.05, 3.63) is 35.6 Å². The van der Waals surface area contributed by atoms with Crippen LogP contribution in [0.1, 0.15) is 43.3 Å². The van der Waals surface area contributed by atoms with Crippen molar-refractivity contribution in [3.8, 4) is 0 Å². The average molecular weight is 330 g/mol. The lowest BCUT2D eigenvalue weighted by atomic mass is 9.90. The van der Waals surface area contributed by atoms with E-state index < -0.39 is 0 Å². The first kappa shape index (κ1) is 17.0. The zero-order valence-corrected chi connectivity index (χ0v) is 14.7. The number of furan rings is 1. The summed E-state index contributed by atoms with van der Waals surface area (Å²) in [6.45, 7) is 8.44. The van der Waals surface area contributed by atoms with Crippen LogP contribution in [-0.2, 0) is 11.3 Å². The van der Waals surface area contributed by atoms with Gasteiger partial charge in [0.25, 0.3) is 5.91 Å². The van der Waals surface area contributed by atoms with Crippen molar-refractivity contribution in [2.45, 2.75) is 39.9 Å². The topological polar surface area (TPSA) is 68.7 Å². The summed E-state index contributed by atoms with van der Waals surface area (Å²) in [6.07, 6.45) is 1.02. The fourth-order valence-corrected chi connectivity index (χ4v) is 3.17. The van der Waals surface area contributed by atoms with Crippen molar-refractivity contribution >= 4 is 16.9 Å². The molecule has 0 spiro atoms. The molecule has 1 fully saturated rings. The van der Waals surface area contributed by atoms with Gasteiger partial charge in [-0.15, -0.1) is 0 Å². The highest BCUT2D eigenvalue weighted by Crippen LogP contribution is 2.33. The predicted octanol–water partition coefficient (Wildman–Crippen LogP) is 3.17. The number of fused-ring (bicyclic) bond motifs is 1. The number of hydrogen-bond donors (Lipinski definition) is 1. The average Bonchev–Trinajstić information content (AvgIpc) is 3.14. The van der Waals surface area contributed by atoms with E-state index in [0.29, 0.717) is 32.0 Å². The number of ether oxygens (including phenoxy) is 1. The molecule has 1 aromatic heterocycles. The van der Waals surface area contributed by atoms with Gasteiger partial charge in [-0.25, -0.2) is 0 Å². The first-order valence-corrected chi connectivity index (χ1v) is 8.55.